The van der Waals surface area contributed by atoms with Gasteiger partial charge in [0.05, 0.1) is 25.4 Å². The van der Waals surface area contributed by atoms with Crippen LogP contribution in [0.5, 0.6) is 0 Å². The zero-order chi connectivity index (χ0) is 13.0. The second kappa shape index (κ2) is 6.60. The molecule has 17 heavy (non-hydrogen) atoms. The van der Waals surface area contributed by atoms with Crippen molar-refractivity contribution in [2.24, 2.45) is 0 Å². The van der Waals surface area contributed by atoms with Gasteiger partial charge in [-0.1, -0.05) is 0 Å². The van der Waals surface area contributed by atoms with E-state index in [4.69, 9.17) is 20.1 Å². The highest BCUT2D eigenvalue weighted by atomic mass is 16.5. The highest BCUT2D eigenvalue weighted by Crippen LogP contribution is 2.24. The first-order valence-electron chi connectivity index (χ1n) is 5.60. The first kappa shape index (κ1) is 14.8. The predicted octanol–water partition coefficient (Wildman–Crippen LogP) is -3.04. The Kier molecular flexibility index (Phi) is 5.74. The number of hydrogen-bond acceptors (Lipinski definition) is 7. The van der Waals surface area contributed by atoms with Gasteiger partial charge in [-0.25, -0.2) is 0 Å². The van der Waals surface area contributed by atoms with E-state index in [0.29, 0.717) is 0 Å². The summed E-state index contributed by atoms with van der Waals surface area (Å²) in [6, 6.07) is 0. The van der Waals surface area contributed by atoms with E-state index >= 15 is 0 Å². The normalized spacial score (nSPS) is 40.2. The van der Waals surface area contributed by atoms with E-state index in [-0.39, 0.29) is 12.8 Å². The monoisotopic (exact) mass is 252 g/mol. The van der Waals surface area contributed by atoms with Gasteiger partial charge < -0.3 is 35.4 Å². The number of rotatable bonds is 5. The van der Waals surface area contributed by atoms with Crippen LogP contribution in [0.1, 0.15) is 12.8 Å². The molecule has 0 spiro atoms. The Labute approximate surface area is 98.9 Å². The third-order valence-corrected chi connectivity index (χ3v) is 2.99. The van der Waals surface area contributed by atoms with Crippen LogP contribution < -0.4 is 0 Å². The number of aliphatic hydroxyl groups is 6. The Morgan fingerprint density at radius 3 is 2.06 bits per heavy atom. The van der Waals surface area contributed by atoms with E-state index in [1.807, 2.05) is 0 Å². The minimum absolute atomic E-state index is 0.194. The standard InChI is InChI=1S/C10H20O7/c11-3-5(13)1-2-6-8(14)10(16)9(15)7(4-12)17-6/h5-16H,1-4H2/t5-,6+,7-,8+,9-,10-/m1/s1. The number of ether oxygens (including phenoxy) is 1. The third-order valence-electron chi connectivity index (χ3n) is 2.99. The van der Waals surface area contributed by atoms with E-state index in [1.165, 1.54) is 0 Å². The summed E-state index contributed by atoms with van der Waals surface area (Å²) < 4.78 is 5.22. The topological polar surface area (TPSA) is 131 Å². The fourth-order valence-electron chi connectivity index (χ4n) is 1.87. The summed E-state index contributed by atoms with van der Waals surface area (Å²) in [5.74, 6) is 0. The van der Waals surface area contributed by atoms with Gasteiger partial charge >= 0.3 is 0 Å². The average Bonchev–Trinajstić information content (AvgIpc) is 2.34. The Hall–Kier alpha value is -0.280. The van der Waals surface area contributed by atoms with Gasteiger partial charge in [0.1, 0.15) is 24.4 Å². The van der Waals surface area contributed by atoms with Crippen molar-refractivity contribution in [1.82, 2.24) is 0 Å². The zero-order valence-electron chi connectivity index (χ0n) is 9.38. The molecule has 1 aliphatic rings. The van der Waals surface area contributed by atoms with Crippen molar-refractivity contribution in [2.75, 3.05) is 13.2 Å². The van der Waals surface area contributed by atoms with Crippen LogP contribution in [-0.2, 0) is 4.74 Å². The minimum Gasteiger partial charge on any atom is -0.394 e. The molecule has 6 atom stereocenters. The van der Waals surface area contributed by atoms with Crippen LogP contribution in [0.3, 0.4) is 0 Å². The van der Waals surface area contributed by atoms with E-state index in [2.05, 4.69) is 0 Å². The van der Waals surface area contributed by atoms with Gasteiger partial charge in [0, 0.05) is 0 Å². The Bertz CT molecular complexity index is 223. The molecule has 0 aromatic heterocycles. The molecule has 0 aliphatic carbocycles. The molecule has 1 rings (SSSR count). The molecule has 102 valence electrons. The second-order valence-corrected chi connectivity index (χ2v) is 4.28. The lowest BCUT2D eigenvalue weighted by Crippen LogP contribution is -2.58. The highest BCUT2D eigenvalue weighted by molar-refractivity contribution is 4.91. The first-order valence-corrected chi connectivity index (χ1v) is 5.60. The van der Waals surface area contributed by atoms with E-state index in [0.717, 1.165) is 0 Å². The maximum atomic E-state index is 9.65. The number of hydrogen-bond donors (Lipinski definition) is 6. The lowest BCUT2D eigenvalue weighted by Gasteiger charge is -2.40. The molecule has 7 heteroatoms. The first-order chi connectivity index (χ1) is 8.01. The smallest absolute Gasteiger partial charge is 0.111 e. The molecular formula is C10H20O7. The number of aliphatic hydroxyl groups excluding tert-OH is 6. The fraction of sp³-hybridized carbons (Fsp3) is 1.00. The van der Waals surface area contributed by atoms with Crippen molar-refractivity contribution in [3.63, 3.8) is 0 Å². The minimum atomic E-state index is -1.39. The van der Waals surface area contributed by atoms with Crippen LogP contribution in [0, 0.1) is 0 Å². The molecule has 0 aromatic carbocycles. The molecular weight excluding hydrogens is 232 g/mol. The Balaban J connectivity index is 2.53. The van der Waals surface area contributed by atoms with Crippen molar-refractivity contribution < 1.29 is 35.4 Å². The zero-order valence-corrected chi connectivity index (χ0v) is 9.38. The largest absolute Gasteiger partial charge is 0.394 e. The molecule has 0 saturated carbocycles. The van der Waals surface area contributed by atoms with Crippen LogP contribution in [0.2, 0.25) is 0 Å². The predicted molar refractivity (Wildman–Crippen MR) is 56.1 cm³/mol. The molecule has 1 fully saturated rings. The van der Waals surface area contributed by atoms with Gasteiger partial charge in [-0.2, -0.15) is 0 Å². The summed E-state index contributed by atoms with van der Waals surface area (Å²) >= 11 is 0. The van der Waals surface area contributed by atoms with Crippen molar-refractivity contribution in [2.45, 2.75) is 49.5 Å². The quantitative estimate of drug-likeness (QED) is 0.307. The van der Waals surface area contributed by atoms with Crippen molar-refractivity contribution in [3.05, 3.63) is 0 Å². The van der Waals surface area contributed by atoms with Gasteiger partial charge in [-0.3, -0.25) is 0 Å². The third kappa shape index (κ3) is 3.59. The summed E-state index contributed by atoms with van der Waals surface area (Å²) in [5.41, 5.74) is 0. The Morgan fingerprint density at radius 2 is 1.53 bits per heavy atom. The fourth-order valence-corrected chi connectivity index (χ4v) is 1.87. The van der Waals surface area contributed by atoms with Gasteiger partial charge in [0.15, 0.2) is 0 Å². The summed E-state index contributed by atoms with van der Waals surface area (Å²) in [6.45, 7) is -0.860. The summed E-state index contributed by atoms with van der Waals surface area (Å²) in [4.78, 5) is 0. The van der Waals surface area contributed by atoms with Gasteiger partial charge in [-0.05, 0) is 12.8 Å². The molecule has 1 heterocycles. The molecule has 6 N–H and O–H groups in total. The highest BCUT2D eigenvalue weighted by Gasteiger charge is 2.42. The maximum Gasteiger partial charge on any atom is 0.111 e. The second-order valence-electron chi connectivity index (χ2n) is 4.28. The summed E-state index contributed by atoms with van der Waals surface area (Å²) in [7, 11) is 0. The van der Waals surface area contributed by atoms with Gasteiger partial charge in [0.2, 0.25) is 0 Å². The molecule has 1 saturated heterocycles. The average molecular weight is 252 g/mol. The maximum absolute atomic E-state index is 9.65. The van der Waals surface area contributed by atoms with Gasteiger partial charge in [0.25, 0.3) is 0 Å². The van der Waals surface area contributed by atoms with Crippen molar-refractivity contribution in [1.29, 1.82) is 0 Å². The van der Waals surface area contributed by atoms with Gasteiger partial charge in [-0.15, -0.1) is 0 Å². The van der Waals surface area contributed by atoms with Crippen LogP contribution in [0.15, 0.2) is 0 Å². The van der Waals surface area contributed by atoms with E-state index in [9.17, 15) is 15.3 Å². The SMILES string of the molecule is OC[C@H](O)CC[C@@H]1O[C@H](CO)[C@@H](O)[C@H](O)[C@H]1O. The molecule has 0 amide bonds. The Morgan fingerprint density at radius 1 is 0.941 bits per heavy atom. The summed E-state index contributed by atoms with van der Waals surface area (Å²) in [6.07, 6.45) is -6.26. The molecule has 1 aliphatic heterocycles. The van der Waals surface area contributed by atoms with Crippen molar-refractivity contribution >= 4 is 0 Å². The van der Waals surface area contributed by atoms with Crippen molar-refractivity contribution in [3.8, 4) is 0 Å². The molecule has 7 nitrogen and oxygen atoms in total. The van der Waals surface area contributed by atoms with Crippen LogP contribution in [-0.4, -0.2) is 80.5 Å². The van der Waals surface area contributed by atoms with Crippen LogP contribution >= 0.6 is 0 Å². The lowest BCUT2D eigenvalue weighted by molar-refractivity contribution is -0.231. The summed E-state index contributed by atoms with van der Waals surface area (Å²) in [5, 5.41) is 55.4. The molecule has 0 unspecified atom stereocenters. The molecule has 0 radical (unpaired) electrons. The van der Waals surface area contributed by atoms with Crippen LogP contribution in [0.25, 0.3) is 0 Å². The van der Waals surface area contributed by atoms with E-state index < -0.39 is 49.8 Å². The van der Waals surface area contributed by atoms with Crippen LogP contribution in [0.4, 0.5) is 0 Å². The van der Waals surface area contributed by atoms with E-state index in [1.54, 1.807) is 0 Å². The molecule has 0 bridgehead atoms. The molecule has 0 aromatic rings. The lowest BCUT2D eigenvalue weighted by atomic mass is 9.92.